The molecule has 6 nitrogen and oxygen atoms in total. The molecule has 0 saturated carbocycles. The molecule has 1 N–H and O–H groups in total. The van der Waals surface area contributed by atoms with Gasteiger partial charge in [-0.25, -0.2) is 4.98 Å². The number of guanidine groups is 1. The molecule has 2 aliphatic rings. The highest BCUT2D eigenvalue weighted by atomic mass is 16.5. The van der Waals surface area contributed by atoms with Crippen LogP contribution in [-0.4, -0.2) is 61.8 Å². The summed E-state index contributed by atoms with van der Waals surface area (Å²) < 4.78 is 5.62. The number of aromatic nitrogens is 1. The van der Waals surface area contributed by atoms with Crippen molar-refractivity contribution in [3.8, 4) is 0 Å². The number of morpholine rings is 1. The normalized spacial score (nSPS) is 23.0. The molecule has 2 saturated heterocycles. The van der Waals surface area contributed by atoms with Crippen LogP contribution in [-0.2, 0) is 11.3 Å². The van der Waals surface area contributed by atoms with Crippen molar-refractivity contribution in [3.05, 3.63) is 23.9 Å². The van der Waals surface area contributed by atoms with Crippen molar-refractivity contribution in [2.45, 2.75) is 39.3 Å². The average Bonchev–Trinajstić information content (AvgIpc) is 2.64. The molecule has 1 aromatic rings. The third kappa shape index (κ3) is 4.84. The van der Waals surface area contributed by atoms with Crippen LogP contribution in [0.5, 0.6) is 0 Å². The summed E-state index contributed by atoms with van der Waals surface area (Å²) in [6.45, 7) is 9.97. The molecule has 138 valence electrons. The van der Waals surface area contributed by atoms with Crippen molar-refractivity contribution in [1.82, 2.24) is 15.2 Å². The van der Waals surface area contributed by atoms with Gasteiger partial charge in [0.2, 0.25) is 0 Å². The predicted molar refractivity (Wildman–Crippen MR) is 102 cm³/mol. The van der Waals surface area contributed by atoms with Crippen molar-refractivity contribution >= 4 is 11.8 Å². The first kappa shape index (κ1) is 18.0. The van der Waals surface area contributed by atoms with E-state index in [0.29, 0.717) is 0 Å². The Bertz CT molecular complexity index is 583. The molecular weight excluding hydrogens is 314 g/mol. The Morgan fingerprint density at radius 1 is 1.32 bits per heavy atom. The Kier molecular flexibility index (Phi) is 6.13. The van der Waals surface area contributed by atoms with E-state index in [0.717, 1.165) is 57.0 Å². The Hall–Kier alpha value is -1.82. The standard InChI is InChI=1S/C19H31N5O/c1-15-5-8-23(9-6-15)19(20-3)22-13-17-4-7-21-18(12-17)24-10-11-25-16(2)14-24/h4,7,12,15-16H,5-6,8-11,13-14H2,1-3H3,(H,20,22). The number of ether oxygens (including phenoxy) is 1. The summed E-state index contributed by atoms with van der Waals surface area (Å²) in [6.07, 6.45) is 4.65. The van der Waals surface area contributed by atoms with Crippen LogP contribution in [0, 0.1) is 5.92 Å². The van der Waals surface area contributed by atoms with Gasteiger partial charge in [-0.15, -0.1) is 0 Å². The van der Waals surface area contributed by atoms with Gasteiger partial charge in [-0.3, -0.25) is 4.99 Å². The number of hydrogen-bond acceptors (Lipinski definition) is 4. The summed E-state index contributed by atoms with van der Waals surface area (Å²) >= 11 is 0. The maximum absolute atomic E-state index is 5.62. The third-order valence-corrected chi connectivity index (χ3v) is 5.12. The van der Waals surface area contributed by atoms with Gasteiger partial charge < -0.3 is 19.9 Å². The van der Waals surface area contributed by atoms with E-state index in [4.69, 9.17) is 4.74 Å². The maximum Gasteiger partial charge on any atom is 0.193 e. The number of piperidine rings is 1. The Labute approximate surface area is 151 Å². The average molecular weight is 345 g/mol. The minimum atomic E-state index is 0.262. The zero-order chi connectivity index (χ0) is 17.6. The second-order valence-electron chi connectivity index (χ2n) is 7.22. The van der Waals surface area contributed by atoms with Gasteiger partial charge >= 0.3 is 0 Å². The molecule has 0 bridgehead atoms. The SMILES string of the molecule is CN=C(NCc1ccnc(N2CCOC(C)C2)c1)N1CCC(C)CC1. The molecule has 0 aromatic carbocycles. The van der Waals surface area contributed by atoms with Crippen molar-refractivity contribution in [2.75, 3.05) is 44.7 Å². The largest absolute Gasteiger partial charge is 0.375 e. The molecular formula is C19H31N5O. The second-order valence-corrected chi connectivity index (χ2v) is 7.22. The van der Waals surface area contributed by atoms with E-state index >= 15 is 0 Å². The Balaban J connectivity index is 1.58. The van der Waals surface area contributed by atoms with Crippen LogP contribution < -0.4 is 10.2 Å². The maximum atomic E-state index is 5.62. The van der Waals surface area contributed by atoms with Crippen LogP contribution in [0.15, 0.2) is 23.3 Å². The molecule has 1 unspecified atom stereocenters. The highest BCUT2D eigenvalue weighted by molar-refractivity contribution is 5.80. The summed E-state index contributed by atoms with van der Waals surface area (Å²) in [6, 6.07) is 4.25. The van der Waals surface area contributed by atoms with E-state index in [2.05, 4.69) is 51.1 Å². The molecule has 3 rings (SSSR count). The van der Waals surface area contributed by atoms with Gasteiger partial charge in [0, 0.05) is 46.0 Å². The number of nitrogens with one attached hydrogen (secondary N) is 1. The molecule has 0 amide bonds. The van der Waals surface area contributed by atoms with Crippen molar-refractivity contribution in [3.63, 3.8) is 0 Å². The predicted octanol–water partition coefficient (Wildman–Crippen LogP) is 2.11. The van der Waals surface area contributed by atoms with E-state index < -0.39 is 0 Å². The van der Waals surface area contributed by atoms with Crippen LogP contribution in [0.2, 0.25) is 0 Å². The summed E-state index contributed by atoms with van der Waals surface area (Å²) in [7, 11) is 1.87. The molecule has 0 spiro atoms. The van der Waals surface area contributed by atoms with Crippen LogP contribution >= 0.6 is 0 Å². The lowest BCUT2D eigenvalue weighted by Crippen LogP contribution is -2.45. The monoisotopic (exact) mass is 345 g/mol. The van der Waals surface area contributed by atoms with Gasteiger partial charge in [0.1, 0.15) is 5.82 Å². The van der Waals surface area contributed by atoms with Crippen LogP contribution in [0.25, 0.3) is 0 Å². The Morgan fingerprint density at radius 2 is 2.12 bits per heavy atom. The van der Waals surface area contributed by atoms with Crippen molar-refractivity contribution in [1.29, 1.82) is 0 Å². The van der Waals surface area contributed by atoms with Crippen LogP contribution in [0.4, 0.5) is 5.82 Å². The summed E-state index contributed by atoms with van der Waals surface area (Å²) in [5.74, 6) is 2.87. The smallest absolute Gasteiger partial charge is 0.193 e. The lowest BCUT2D eigenvalue weighted by Gasteiger charge is -2.33. The van der Waals surface area contributed by atoms with Crippen molar-refractivity contribution < 1.29 is 4.74 Å². The zero-order valence-electron chi connectivity index (χ0n) is 15.7. The first-order valence-corrected chi connectivity index (χ1v) is 9.43. The molecule has 1 atom stereocenters. The molecule has 3 heterocycles. The molecule has 25 heavy (non-hydrogen) atoms. The molecule has 2 fully saturated rings. The van der Waals surface area contributed by atoms with E-state index in [1.54, 1.807) is 0 Å². The number of pyridine rings is 1. The van der Waals surface area contributed by atoms with Crippen molar-refractivity contribution in [2.24, 2.45) is 10.9 Å². The fourth-order valence-electron chi connectivity index (χ4n) is 3.50. The van der Waals surface area contributed by atoms with Gasteiger partial charge in [-0.05, 0) is 43.4 Å². The first-order valence-electron chi connectivity index (χ1n) is 9.43. The number of nitrogens with zero attached hydrogens (tertiary/aromatic N) is 4. The van der Waals surface area contributed by atoms with E-state index in [1.165, 1.54) is 18.4 Å². The molecule has 0 radical (unpaired) electrons. The fourth-order valence-corrected chi connectivity index (χ4v) is 3.50. The Morgan fingerprint density at radius 3 is 2.84 bits per heavy atom. The lowest BCUT2D eigenvalue weighted by atomic mass is 10.00. The first-order chi connectivity index (χ1) is 12.2. The number of aliphatic imine (C=N–C) groups is 1. The van der Waals surface area contributed by atoms with Crippen LogP contribution in [0.1, 0.15) is 32.3 Å². The van der Waals surface area contributed by atoms with E-state index in [-0.39, 0.29) is 6.10 Å². The molecule has 6 heteroatoms. The molecule has 2 aliphatic heterocycles. The van der Waals surface area contributed by atoms with E-state index in [9.17, 15) is 0 Å². The minimum Gasteiger partial charge on any atom is -0.375 e. The van der Waals surface area contributed by atoms with Gasteiger partial charge in [-0.2, -0.15) is 0 Å². The third-order valence-electron chi connectivity index (χ3n) is 5.12. The number of anilines is 1. The minimum absolute atomic E-state index is 0.262. The van der Waals surface area contributed by atoms with Crippen LogP contribution in [0.3, 0.4) is 0 Å². The second kappa shape index (κ2) is 8.52. The highest BCUT2D eigenvalue weighted by Crippen LogP contribution is 2.18. The number of hydrogen-bond donors (Lipinski definition) is 1. The van der Waals surface area contributed by atoms with Gasteiger partial charge in [0.05, 0.1) is 12.7 Å². The summed E-state index contributed by atoms with van der Waals surface area (Å²) in [5.41, 5.74) is 1.23. The van der Waals surface area contributed by atoms with E-state index in [1.807, 2.05) is 13.2 Å². The molecule has 0 aliphatic carbocycles. The molecule has 1 aromatic heterocycles. The quantitative estimate of drug-likeness (QED) is 0.672. The topological polar surface area (TPSA) is 53.0 Å². The number of rotatable bonds is 3. The zero-order valence-corrected chi connectivity index (χ0v) is 15.7. The van der Waals surface area contributed by atoms with Gasteiger partial charge in [0.15, 0.2) is 5.96 Å². The fraction of sp³-hybridized carbons (Fsp3) is 0.684. The lowest BCUT2D eigenvalue weighted by molar-refractivity contribution is 0.0529. The number of likely N-dealkylation sites (tertiary alicyclic amines) is 1. The summed E-state index contributed by atoms with van der Waals surface area (Å²) in [5, 5.41) is 3.51. The highest BCUT2D eigenvalue weighted by Gasteiger charge is 2.19. The van der Waals surface area contributed by atoms with Gasteiger partial charge in [0.25, 0.3) is 0 Å². The summed E-state index contributed by atoms with van der Waals surface area (Å²) in [4.78, 5) is 13.7. The van der Waals surface area contributed by atoms with Gasteiger partial charge in [-0.1, -0.05) is 6.92 Å².